The van der Waals surface area contributed by atoms with Crippen LogP contribution in [0.2, 0.25) is 0 Å². The van der Waals surface area contributed by atoms with Gasteiger partial charge in [0.2, 0.25) is 23.6 Å². The molecule has 0 aromatic carbocycles. The topological polar surface area (TPSA) is 168 Å². The summed E-state index contributed by atoms with van der Waals surface area (Å²) in [6.07, 6.45) is 16.0. The van der Waals surface area contributed by atoms with E-state index >= 15 is 0 Å². The van der Waals surface area contributed by atoms with E-state index in [-0.39, 0.29) is 11.6 Å². The molecular weight excluding hydrogens is 564 g/mol. The zero-order chi connectivity index (χ0) is 33.1. The average molecular weight is 621 g/mol. The Hall–Kier alpha value is -3.21. The molecule has 0 spiro atoms. The highest BCUT2D eigenvalue weighted by atomic mass is 16.5. The molecule has 0 aliphatic carbocycles. The van der Waals surface area contributed by atoms with E-state index in [4.69, 9.17) is 10.5 Å². The summed E-state index contributed by atoms with van der Waals surface area (Å²) in [7, 11) is 1.35. The van der Waals surface area contributed by atoms with Crippen LogP contribution < -0.4 is 16.4 Å². The molecule has 0 fully saturated rings. The number of likely N-dealkylation sites (N-methyl/N-ethyl adjacent to an activating group) is 1. The lowest BCUT2D eigenvalue weighted by Crippen LogP contribution is -2.57. The van der Waals surface area contributed by atoms with Gasteiger partial charge >= 0.3 is 5.97 Å². The summed E-state index contributed by atoms with van der Waals surface area (Å²) in [6, 6.07) is -1.82. The Labute approximate surface area is 263 Å². The molecule has 4 amide bonds. The average Bonchev–Trinajstić information content (AvgIpc) is 2.98. The second-order valence-corrected chi connectivity index (χ2v) is 12.1. The number of amides is 4. The van der Waals surface area contributed by atoms with Crippen molar-refractivity contribution in [2.75, 3.05) is 13.6 Å². The SMILES string of the molecule is C=C1/C=C/C(=O)N(C)CC(=O)N[C@@H]([C@@H](O)C(N)=O)C(=O)O[C@@H]([C@@H](C)CCCCCCCCCCCCCCC)[C@H](C)C(=O)N1. The second-order valence-electron chi connectivity index (χ2n) is 12.1. The first kappa shape index (κ1) is 38.8. The Morgan fingerprint density at radius 1 is 1.00 bits per heavy atom. The van der Waals surface area contributed by atoms with Gasteiger partial charge in [0.05, 0.1) is 12.5 Å². The van der Waals surface area contributed by atoms with Crippen molar-refractivity contribution in [2.24, 2.45) is 17.6 Å². The normalized spacial score (nSPS) is 22.7. The third-order valence-electron chi connectivity index (χ3n) is 8.13. The van der Waals surface area contributed by atoms with Crippen molar-refractivity contribution < 1.29 is 33.8 Å². The molecule has 1 rings (SSSR count). The van der Waals surface area contributed by atoms with Crippen molar-refractivity contribution in [1.82, 2.24) is 15.5 Å². The minimum Gasteiger partial charge on any atom is -0.460 e. The lowest BCUT2D eigenvalue weighted by molar-refractivity contribution is -0.165. The van der Waals surface area contributed by atoms with E-state index in [0.29, 0.717) is 6.42 Å². The molecule has 0 saturated heterocycles. The molecule has 0 saturated carbocycles. The highest BCUT2D eigenvalue weighted by molar-refractivity contribution is 5.95. The number of hydrogen-bond donors (Lipinski definition) is 4. The Morgan fingerprint density at radius 3 is 2.05 bits per heavy atom. The molecular formula is C33H56N4O7. The van der Waals surface area contributed by atoms with E-state index in [9.17, 15) is 29.1 Å². The number of cyclic esters (lactones) is 1. The molecule has 0 aromatic rings. The Kier molecular flexibility index (Phi) is 19.0. The number of aliphatic hydroxyl groups excluding tert-OH is 1. The first-order valence-corrected chi connectivity index (χ1v) is 16.3. The standard InChI is InChI=1S/C33H56N4O7/c1-6-7-8-9-10-11-12-13-14-15-16-17-18-19-23(2)30-25(4)32(42)35-24(3)20-21-27(39)37(5)22-26(38)36-28(33(43)44-30)29(40)31(34)41/h20-21,23,25,28-30,40H,3,6-19,22H2,1-2,4-5H3,(H2,34,41)(H,35,42)(H,36,38)/b21-20+/t23-,25-,28-,29+,30-/m0/s1. The van der Waals surface area contributed by atoms with Gasteiger partial charge in [0, 0.05) is 18.8 Å². The number of carbonyl (C=O) groups excluding carboxylic acids is 5. The number of nitrogens with two attached hydrogens (primary N) is 1. The summed E-state index contributed by atoms with van der Waals surface area (Å²) in [5.74, 6) is -5.33. The molecule has 1 aliphatic heterocycles. The van der Waals surface area contributed by atoms with Gasteiger partial charge in [-0.05, 0) is 18.4 Å². The molecule has 5 N–H and O–H groups in total. The van der Waals surface area contributed by atoms with Crippen LogP contribution in [0.25, 0.3) is 0 Å². The third kappa shape index (κ3) is 15.0. The number of allylic oxidation sites excluding steroid dienone is 1. The molecule has 250 valence electrons. The summed E-state index contributed by atoms with van der Waals surface area (Å²) < 4.78 is 5.74. The van der Waals surface area contributed by atoms with Crippen molar-refractivity contribution in [3.63, 3.8) is 0 Å². The number of nitrogens with one attached hydrogen (secondary N) is 2. The van der Waals surface area contributed by atoms with Gasteiger partial charge in [-0.2, -0.15) is 0 Å². The molecule has 0 unspecified atom stereocenters. The van der Waals surface area contributed by atoms with Crippen LogP contribution in [-0.2, 0) is 28.7 Å². The van der Waals surface area contributed by atoms with Crippen LogP contribution in [0.1, 0.15) is 111 Å². The molecule has 0 radical (unpaired) electrons. The number of ether oxygens (including phenoxy) is 1. The van der Waals surface area contributed by atoms with E-state index in [1.165, 1.54) is 77.3 Å². The molecule has 1 aliphatic rings. The first-order chi connectivity index (χ1) is 20.9. The van der Waals surface area contributed by atoms with Gasteiger partial charge in [-0.25, -0.2) is 4.79 Å². The van der Waals surface area contributed by atoms with E-state index in [1.54, 1.807) is 6.92 Å². The van der Waals surface area contributed by atoms with Crippen LogP contribution in [0.15, 0.2) is 24.4 Å². The maximum Gasteiger partial charge on any atom is 0.332 e. The largest absolute Gasteiger partial charge is 0.460 e. The van der Waals surface area contributed by atoms with Crippen LogP contribution in [0.3, 0.4) is 0 Å². The minimum absolute atomic E-state index is 0.152. The van der Waals surface area contributed by atoms with Gasteiger partial charge in [-0.15, -0.1) is 0 Å². The lowest BCUT2D eigenvalue weighted by Gasteiger charge is -2.31. The zero-order valence-corrected chi connectivity index (χ0v) is 27.3. The Bertz CT molecular complexity index is 983. The number of esters is 1. The van der Waals surface area contributed by atoms with Crippen LogP contribution in [0.5, 0.6) is 0 Å². The molecule has 11 nitrogen and oxygen atoms in total. The van der Waals surface area contributed by atoms with Gasteiger partial charge in [0.15, 0.2) is 12.1 Å². The number of carbonyl (C=O) groups is 5. The van der Waals surface area contributed by atoms with Crippen molar-refractivity contribution >= 4 is 29.6 Å². The van der Waals surface area contributed by atoms with Crippen molar-refractivity contribution in [3.8, 4) is 0 Å². The van der Waals surface area contributed by atoms with Crippen molar-refractivity contribution in [3.05, 3.63) is 24.4 Å². The van der Waals surface area contributed by atoms with Crippen molar-refractivity contribution in [2.45, 2.75) is 129 Å². The fraction of sp³-hybridized carbons (Fsp3) is 0.727. The van der Waals surface area contributed by atoms with Crippen LogP contribution in [0.4, 0.5) is 0 Å². The summed E-state index contributed by atoms with van der Waals surface area (Å²) >= 11 is 0. The van der Waals surface area contributed by atoms with Gasteiger partial charge in [0.1, 0.15) is 6.10 Å². The summed E-state index contributed by atoms with van der Waals surface area (Å²) in [5.41, 5.74) is 5.38. The Balaban J connectivity index is 2.85. The number of nitrogens with zero attached hydrogens (tertiary/aromatic N) is 1. The van der Waals surface area contributed by atoms with Crippen LogP contribution in [-0.4, -0.2) is 71.4 Å². The third-order valence-corrected chi connectivity index (χ3v) is 8.13. The van der Waals surface area contributed by atoms with E-state index in [1.807, 2.05) is 6.92 Å². The number of rotatable bonds is 17. The van der Waals surface area contributed by atoms with E-state index in [2.05, 4.69) is 24.1 Å². The molecule has 1 heterocycles. The van der Waals surface area contributed by atoms with Crippen LogP contribution >= 0.6 is 0 Å². The smallest absolute Gasteiger partial charge is 0.332 e. The Morgan fingerprint density at radius 2 is 1.52 bits per heavy atom. The predicted octanol–water partition coefficient (Wildman–Crippen LogP) is 3.64. The number of unbranched alkanes of at least 4 members (excludes halogenated alkanes) is 12. The molecule has 11 heteroatoms. The number of primary amides is 1. The van der Waals surface area contributed by atoms with Gasteiger partial charge in [0.25, 0.3) is 0 Å². The number of hydrogen-bond acceptors (Lipinski definition) is 7. The zero-order valence-electron chi connectivity index (χ0n) is 27.3. The summed E-state index contributed by atoms with van der Waals surface area (Å²) in [6.45, 7) is 8.98. The number of aliphatic hydroxyl groups is 1. The first-order valence-electron chi connectivity index (χ1n) is 16.3. The van der Waals surface area contributed by atoms with Gasteiger partial charge in [-0.1, -0.05) is 111 Å². The summed E-state index contributed by atoms with van der Waals surface area (Å²) in [5, 5.41) is 15.2. The van der Waals surface area contributed by atoms with Crippen molar-refractivity contribution in [1.29, 1.82) is 0 Å². The van der Waals surface area contributed by atoms with Gasteiger partial charge in [-0.3, -0.25) is 19.2 Å². The fourth-order valence-electron chi connectivity index (χ4n) is 5.27. The highest BCUT2D eigenvalue weighted by Gasteiger charge is 2.39. The molecule has 0 aromatic heterocycles. The maximum absolute atomic E-state index is 13.3. The highest BCUT2D eigenvalue weighted by Crippen LogP contribution is 2.25. The predicted molar refractivity (Wildman–Crippen MR) is 170 cm³/mol. The summed E-state index contributed by atoms with van der Waals surface area (Å²) in [4.78, 5) is 64.2. The molecule has 5 atom stereocenters. The minimum atomic E-state index is -2.08. The lowest BCUT2D eigenvalue weighted by atomic mass is 9.88. The van der Waals surface area contributed by atoms with Gasteiger partial charge < -0.3 is 31.1 Å². The molecule has 0 bridgehead atoms. The molecule has 44 heavy (non-hydrogen) atoms. The second kappa shape index (κ2) is 21.5. The van der Waals surface area contributed by atoms with E-state index < -0.39 is 60.3 Å². The fourth-order valence-corrected chi connectivity index (χ4v) is 5.27. The maximum atomic E-state index is 13.3. The van der Waals surface area contributed by atoms with Crippen LogP contribution in [0, 0.1) is 11.8 Å². The monoisotopic (exact) mass is 620 g/mol. The quantitative estimate of drug-likeness (QED) is 0.142. The van der Waals surface area contributed by atoms with E-state index in [0.717, 1.165) is 30.2 Å².